The molecular formula is C10H9ClN4OS. The third kappa shape index (κ3) is 2.24. The van der Waals surface area contributed by atoms with Crippen LogP contribution in [0, 0.1) is 0 Å². The Kier molecular flexibility index (Phi) is 2.92. The summed E-state index contributed by atoms with van der Waals surface area (Å²) in [6, 6.07) is 0. The molecule has 0 atom stereocenters. The van der Waals surface area contributed by atoms with Crippen LogP contribution in [0.5, 0.6) is 0 Å². The van der Waals surface area contributed by atoms with Gasteiger partial charge in [0.2, 0.25) is 5.28 Å². The average molecular weight is 269 g/mol. The van der Waals surface area contributed by atoms with Gasteiger partial charge in [-0.15, -0.1) is 11.3 Å². The number of hydrogen-bond donors (Lipinski definition) is 1. The molecule has 0 amide bonds. The van der Waals surface area contributed by atoms with E-state index in [0.717, 1.165) is 22.1 Å². The van der Waals surface area contributed by atoms with Gasteiger partial charge in [-0.25, -0.2) is 15.0 Å². The lowest BCUT2D eigenvalue weighted by Crippen LogP contribution is -2.06. The normalized spacial score (nSPS) is 13.7. The fourth-order valence-electron chi connectivity index (χ4n) is 1.67. The maximum Gasteiger partial charge on any atom is 0.224 e. The lowest BCUT2D eigenvalue weighted by Gasteiger charge is -2.07. The summed E-state index contributed by atoms with van der Waals surface area (Å²) >= 11 is 7.46. The first-order valence-corrected chi connectivity index (χ1v) is 6.34. The number of ether oxygens (including phenoxy) is 1. The molecule has 0 unspecified atom stereocenters. The Morgan fingerprint density at radius 1 is 1.41 bits per heavy atom. The van der Waals surface area contributed by atoms with Crippen molar-refractivity contribution >= 4 is 28.8 Å². The molecule has 2 aromatic heterocycles. The maximum absolute atomic E-state index is 5.86. The van der Waals surface area contributed by atoms with Crippen molar-refractivity contribution in [1.82, 2.24) is 15.0 Å². The van der Waals surface area contributed by atoms with Gasteiger partial charge in [0, 0.05) is 17.1 Å². The van der Waals surface area contributed by atoms with Crippen LogP contribution in [0.1, 0.15) is 16.3 Å². The van der Waals surface area contributed by atoms with Gasteiger partial charge in [0.05, 0.1) is 25.5 Å². The Balaban J connectivity index is 1.83. The second-order valence-corrected chi connectivity index (χ2v) is 4.86. The Morgan fingerprint density at radius 2 is 2.35 bits per heavy atom. The third-order valence-corrected chi connectivity index (χ3v) is 3.39. The van der Waals surface area contributed by atoms with Crippen molar-refractivity contribution in [2.45, 2.75) is 19.8 Å². The average Bonchev–Trinajstić information content (AvgIpc) is 2.95. The minimum atomic E-state index is 0.246. The fraction of sp³-hybridized carbons (Fsp3) is 0.300. The molecule has 0 aliphatic carbocycles. The van der Waals surface area contributed by atoms with Gasteiger partial charge in [-0.1, -0.05) is 0 Å². The Labute approximate surface area is 107 Å². The summed E-state index contributed by atoms with van der Waals surface area (Å²) in [6.07, 6.45) is 1.78. The number of nitrogens with one attached hydrogen (secondary N) is 1. The highest BCUT2D eigenvalue weighted by atomic mass is 35.5. The molecule has 0 spiro atoms. The van der Waals surface area contributed by atoms with Gasteiger partial charge in [0.1, 0.15) is 10.8 Å². The summed E-state index contributed by atoms with van der Waals surface area (Å²) in [7, 11) is 0. The second kappa shape index (κ2) is 4.56. The summed E-state index contributed by atoms with van der Waals surface area (Å²) in [6.45, 7) is 1.67. The predicted molar refractivity (Wildman–Crippen MR) is 65.0 cm³/mol. The molecule has 88 valence electrons. The van der Waals surface area contributed by atoms with Crippen molar-refractivity contribution in [1.29, 1.82) is 0 Å². The summed E-state index contributed by atoms with van der Waals surface area (Å²) in [5.74, 6) is 0.743. The number of anilines is 1. The lowest BCUT2D eigenvalue weighted by molar-refractivity contribution is 0.133. The van der Waals surface area contributed by atoms with E-state index in [1.807, 2.05) is 5.38 Å². The van der Waals surface area contributed by atoms with E-state index in [-0.39, 0.29) is 5.28 Å². The van der Waals surface area contributed by atoms with E-state index in [1.54, 1.807) is 17.5 Å². The molecule has 3 heterocycles. The third-order valence-electron chi connectivity index (χ3n) is 2.44. The molecule has 0 fully saturated rings. The molecule has 0 radical (unpaired) electrons. The highest BCUT2D eigenvalue weighted by Gasteiger charge is 2.19. The number of halogens is 1. The van der Waals surface area contributed by atoms with Gasteiger partial charge in [-0.05, 0) is 11.6 Å². The van der Waals surface area contributed by atoms with E-state index in [9.17, 15) is 0 Å². The van der Waals surface area contributed by atoms with Crippen molar-refractivity contribution in [3.63, 3.8) is 0 Å². The maximum atomic E-state index is 5.86. The lowest BCUT2D eigenvalue weighted by atomic mass is 10.2. The Hall–Kier alpha value is -1.24. The molecule has 0 bridgehead atoms. The highest BCUT2D eigenvalue weighted by molar-refractivity contribution is 7.09. The molecule has 2 aromatic rings. The molecule has 7 heteroatoms. The first-order chi connectivity index (χ1) is 8.33. The van der Waals surface area contributed by atoms with Gasteiger partial charge in [0.15, 0.2) is 0 Å². The van der Waals surface area contributed by atoms with Crippen molar-refractivity contribution in [3.05, 3.63) is 33.1 Å². The Morgan fingerprint density at radius 3 is 3.18 bits per heavy atom. The quantitative estimate of drug-likeness (QED) is 0.865. The number of rotatable bonds is 3. The standard InChI is InChI=1S/C10H9ClN4OS/c11-10-14-7-5-16-4-6(7)9(15-10)13-3-8-12-1-2-17-8/h1-2H,3-5H2,(H,13,14,15). The number of aromatic nitrogens is 3. The number of fused-ring (bicyclic) bond motifs is 1. The van der Waals surface area contributed by atoms with Gasteiger partial charge in [0.25, 0.3) is 0 Å². The van der Waals surface area contributed by atoms with E-state index in [2.05, 4.69) is 20.3 Å². The SMILES string of the molecule is Clc1nc2c(c(NCc3nccs3)n1)COC2. The van der Waals surface area contributed by atoms with Crippen molar-refractivity contribution < 1.29 is 4.74 Å². The Bertz CT molecular complexity index is 531. The summed E-state index contributed by atoms with van der Waals surface area (Å²) in [4.78, 5) is 12.5. The molecule has 0 saturated carbocycles. The van der Waals surface area contributed by atoms with Crippen LogP contribution in [0.15, 0.2) is 11.6 Å². The van der Waals surface area contributed by atoms with Crippen molar-refractivity contribution in [2.24, 2.45) is 0 Å². The van der Waals surface area contributed by atoms with E-state index >= 15 is 0 Å². The highest BCUT2D eigenvalue weighted by Crippen LogP contribution is 2.26. The number of hydrogen-bond acceptors (Lipinski definition) is 6. The fourth-order valence-corrected chi connectivity index (χ4v) is 2.41. The monoisotopic (exact) mass is 268 g/mol. The first kappa shape index (κ1) is 10.9. The van der Waals surface area contributed by atoms with Gasteiger partial charge < -0.3 is 10.1 Å². The smallest absolute Gasteiger partial charge is 0.224 e. The van der Waals surface area contributed by atoms with E-state index in [4.69, 9.17) is 16.3 Å². The topological polar surface area (TPSA) is 59.9 Å². The number of nitrogens with zero attached hydrogens (tertiary/aromatic N) is 3. The minimum absolute atomic E-state index is 0.246. The zero-order valence-corrected chi connectivity index (χ0v) is 10.4. The van der Waals surface area contributed by atoms with Gasteiger partial charge in [-0.2, -0.15) is 0 Å². The van der Waals surface area contributed by atoms with Crippen LogP contribution in [0.2, 0.25) is 5.28 Å². The molecule has 1 aliphatic rings. The van der Waals surface area contributed by atoms with Gasteiger partial charge >= 0.3 is 0 Å². The van der Waals surface area contributed by atoms with Gasteiger partial charge in [-0.3, -0.25) is 0 Å². The van der Waals surface area contributed by atoms with Crippen molar-refractivity contribution in [2.75, 3.05) is 5.32 Å². The molecule has 5 nitrogen and oxygen atoms in total. The summed E-state index contributed by atoms with van der Waals surface area (Å²) in [5, 5.41) is 6.42. The molecule has 3 rings (SSSR count). The largest absolute Gasteiger partial charge is 0.370 e. The molecule has 1 N–H and O–H groups in total. The predicted octanol–water partition coefficient (Wildman–Crippen LogP) is 2.23. The van der Waals surface area contributed by atoms with Crippen LogP contribution in [0.4, 0.5) is 5.82 Å². The van der Waals surface area contributed by atoms with Crippen molar-refractivity contribution in [3.8, 4) is 0 Å². The molecule has 0 saturated heterocycles. The first-order valence-electron chi connectivity index (χ1n) is 5.08. The molecule has 1 aliphatic heterocycles. The summed E-state index contributed by atoms with van der Waals surface area (Å²) < 4.78 is 5.33. The number of thiazole rings is 1. The van der Waals surface area contributed by atoms with E-state index in [1.165, 1.54) is 0 Å². The van der Waals surface area contributed by atoms with Crippen LogP contribution < -0.4 is 5.32 Å². The minimum Gasteiger partial charge on any atom is -0.370 e. The summed E-state index contributed by atoms with van der Waals surface area (Å²) in [5.41, 5.74) is 1.86. The molecule has 17 heavy (non-hydrogen) atoms. The van der Waals surface area contributed by atoms with Crippen LogP contribution >= 0.6 is 22.9 Å². The van der Waals surface area contributed by atoms with Crippen LogP contribution in [-0.4, -0.2) is 15.0 Å². The van der Waals surface area contributed by atoms with Crippen LogP contribution in [0.3, 0.4) is 0 Å². The molecular weight excluding hydrogens is 260 g/mol. The van der Waals surface area contributed by atoms with E-state index < -0.39 is 0 Å². The molecule has 0 aromatic carbocycles. The van der Waals surface area contributed by atoms with E-state index in [0.29, 0.717) is 19.8 Å². The zero-order valence-electron chi connectivity index (χ0n) is 8.81. The zero-order chi connectivity index (χ0) is 11.7. The van der Waals surface area contributed by atoms with Crippen LogP contribution in [-0.2, 0) is 24.5 Å². The van der Waals surface area contributed by atoms with Crippen LogP contribution in [0.25, 0.3) is 0 Å². The second-order valence-electron chi connectivity index (χ2n) is 3.54.